The van der Waals surface area contributed by atoms with Crippen molar-refractivity contribution in [2.75, 3.05) is 26.9 Å². The van der Waals surface area contributed by atoms with Crippen LogP contribution in [0.4, 0.5) is 0 Å². The van der Waals surface area contributed by atoms with Crippen molar-refractivity contribution in [2.24, 2.45) is 0 Å². The number of oxazole rings is 1. The van der Waals surface area contributed by atoms with Crippen LogP contribution in [-0.4, -0.2) is 48.1 Å². The number of nitrogens with zero attached hydrogens (tertiary/aromatic N) is 3. The lowest BCUT2D eigenvalue weighted by Gasteiger charge is -2.05. The molecule has 132 valence electrons. The molecule has 0 fully saturated rings. The largest absolute Gasteiger partial charge is 0.472 e. The third-order valence-corrected chi connectivity index (χ3v) is 3.45. The Hall–Kier alpha value is -2.94. The SMILES string of the molecule is COCCc1nc2ccc(C(=O)NCCOc3nonc3C)cc2o1. The number of aryl methyl sites for hydroxylation is 1. The van der Waals surface area contributed by atoms with E-state index in [0.717, 1.165) is 0 Å². The van der Waals surface area contributed by atoms with E-state index in [4.69, 9.17) is 13.9 Å². The molecule has 0 spiro atoms. The molecule has 0 unspecified atom stereocenters. The fourth-order valence-electron chi connectivity index (χ4n) is 2.18. The highest BCUT2D eigenvalue weighted by atomic mass is 16.6. The van der Waals surface area contributed by atoms with Gasteiger partial charge in [0.05, 0.1) is 13.2 Å². The molecule has 0 radical (unpaired) electrons. The molecule has 3 aromatic rings. The molecule has 1 aromatic carbocycles. The van der Waals surface area contributed by atoms with Gasteiger partial charge < -0.3 is 19.2 Å². The van der Waals surface area contributed by atoms with E-state index in [1.165, 1.54) is 0 Å². The predicted octanol–water partition coefficient (Wildman–Crippen LogP) is 1.52. The van der Waals surface area contributed by atoms with E-state index in [9.17, 15) is 4.79 Å². The van der Waals surface area contributed by atoms with Gasteiger partial charge in [0.15, 0.2) is 11.5 Å². The Morgan fingerprint density at radius 3 is 2.92 bits per heavy atom. The van der Waals surface area contributed by atoms with Crippen molar-refractivity contribution < 1.29 is 23.3 Å². The number of carbonyl (C=O) groups is 1. The van der Waals surface area contributed by atoms with Crippen LogP contribution >= 0.6 is 0 Å². The van der Waals surface area contributed by atoms with E-state index >= 15 is 0 Å². The van der Waals surface area contributed by atoms with Crippen LogP contribution in [0.3, 0.4) is 0 Å². The summed E-state index contributed by atoms with van der Waals surface area (Å²) < 4.78 is 20.5. The van der Waals surface area contributed by atoms with Crippen LogP contribution in [0.2, 0.25) is 0 Å². The fraction of sp³-hybridized carbons (Fsp3) is 0.375. The molecule has 9 heteroatoms. The van der Waals surface area contributed by atoms with Gasteiger partial charge >= 0.3 is 0 Å². The molecule has 1 amide bonds. The molecular weight excluding hydrogens is 328 g/mol. The third kappa shape index (κ3) is 4.13. The molecule has 2 heterocycles. The number of fused-ring (bicyclic) bond motifs is 1. The van der Waals surface area contributed by atoms with Gasteiger partial charge in [-0.25, -0.2) is 9.61 Å². The Morgan fingerprint density at radius 2 is 2.16 bits per heavy atom. The number of aromatic nitrogens is 3. The van der Waals surface area contributed by atoms with Gasteiger partial charge in [-0.1, -0.05) is 5.16 Å². The van der Waals surface area contributed by atoms with Gasteiger partial charge in [0.25, 0.3) is 11.8 Å². The number of amides is 1. The second kappa shape index (κ2) is 7.75. The van der Waals surface area contributed by atoms with Crippen LogP contribution in [-0.2, 0) is 11.2 Å². The Balaban J connectivity index is 1.55. The predicted molar refractivity (Wildman–Crippen MR) is 86.5 cm³/mol. The van der Waals surface area contributed by atoms with E-state index < -0.39 is 0 Å². The van der Waals surface area contributed by atoms with Crippen molar-refractivity contribution in [3.8, 4) is 5.88 Å². The minimum Gasteiger partial charge on any atom is -0.472 e. The fourth-order valence-corrected chi connectivity index (χ4v) is 2.18. The van der Waals surface area contributed by atoms with Crippen molar-refractivity contribution in [3.63, 3.8) is 0 Å². The normalized spacial score (nSPS) is 11.0. The molecular formula is C16H18N4O5. The molecule has 0 aliphatic carbocycles. The second-order valence-electron chi connectivity index (χ2n) is 5.29. The van der Waals surface area contributed by atoms with E-state index in [2.05, 4.69) is 25.2 Å². The number of carbonyl (C=O) groups excluding carboxylic acids is 1. The van der Waals surface area contributed by atoms with Crippen LogP contribution in [0.25, 0.3) is 11.1 Å². The van der Waals surface area contributed by atoms with Crippen molar-refractivity contribution >= 4 is 17.0 Å². The van der Waals surface area contributed by atoms with Gasteiger partial charge in [-0.3, -0.25) is 4.79 Å². The summed E-state index contributed by atoms with van der Waals surface area (Å²) >= 11 is 0. The lowest BCUT2D eigenvalue weighted by Crippen LogP contribution is -2.28. The van der Waals surface area contributed by atoms with Crippen LogP contribution < -0.4 is 10.1 Å². The number of benzene rings is 1. The quantitative estimate of drug-likeness (QED) is 0.611. The zero-order chi connectivity index (χ0) is 17.6. The first-order chi connectivity index (χ1) is 12.2. The molecule has 0 saturated heterocycles. The number of ether oxygens (including phenoxy) is 2. The molecule has 9 nitrogen and oxygen atoms in total. The lowest BCUT2D eigenvalue weighted by atomic mass is 10.2. The molecule has 1 N–H and O–H groups in total. The monoisotopic (exact) mass is 346 g/mol. The van der Waals surface area contributed by atoms with Gasteiger partial charge in [-0.2, -0.15) is 0 Å². The minimum atomic E-state index is -0.227. The van der Waals surface area contributed by atoms with Gasteiger partial charge in [0.2, 0.25) is 0 Å². The van der Waals surface area contributed by atoms with E-state index in [-0.39, 0.29) is 12.5 Å². The first kappa shape index (κ1) is 16.9. The Labute approximate surface area is 143 Å². The van der Waals surface area contributed by atoms with Crippen LogP contribution in [0.15, 0.2) is 27.2 Å². The summed E-state index contributed by atoms with van der Waals surface area (Å²) in [5, 5.41) is 9.97. The summed E-state index contributed by atoms with van der Waals surface area (Å²) in [5.41, 5.74) is 2.33. The van der Waals surface area contributed by atoms with Crippen LogP contribution in [0, 0.1) is 6.92 Å². The van der Waals surface area contributed by atoms with Crippen LogP contribution in [0.1, 0.15) is 21.9 Å². The molecule has 3 rings (SSSR count). The van der Waals surface area contributed by atoms with Crippen molar-refractivity contribution in [1.82, 2.24) is 20.6 Å². The van der Waals surface area contributed by atoms with Crippen molar-refractivity contribution in [2.45, 2.75) is 13.3 Å². The molecule has 0 aliphatic rings. The standard InChI is InChI=1S/C16H18N4O5/c1-10-16(20-25-19-10)23-8-6-17-15(21)11-3-4-12-13(9-11)24-14(18-12)5-7-22-2/h3-4,9H,5-8H2,1-2H3,(H,17,21). The van der Waals surface area contributed by atoms with Crippen molar-refractivity contribution in [1.29, 1.82) is 0 Å². The Kier molecular flexibility index (Phi) is 5.24. The number of hydrogen-bond acceptors (Lipinski definition) is 8. The smallest absolute Gasteiger partial charge is 0.278 e. The first-order valence-electron chi connectivity index (χ1n) is 7.76. The summed E-state index contributed by atoms with van der Waals surface area (Å²) in [6, 6.07) is 5.12. The van der Waals surface area contributed by atoms with E-state index in [1.54, 1.807) is 32.2 Å². The lowest BCUT2D eigenvalue weighted by molar-refractivity contribution is 0.0946. The maximum absolute atomic E-state index is 12.2. The summed E-state index contributed by atoms with van der Waals surface area (Å²) in [6.07, 6.45) is 0.584. The van der Waals surface area contributed by atoms with Gasteiger partial charge in [0, 0.05) is 19.1 Å². The molecule has 0 atom stereocenters. The summed E-state index contributed by atoms with van der Waals surface area (Å²) in [6.45, 7) is 2.82. The zero-order valence-corrected chi connectivity index (χ0v) is 13.9. The molecule has 0 aliphatic heterocycles. The molecule has 0 saturated carbocycles. The molecule has 25 heavy (non-hydrogen) atoms. The third-order valence-electron chi connectivity index (χ3n) is 3.45. The number of methoxy groups -OCH3 is 1. The van der Waals surface area contributed by atoms with Gasteiger partial charge in [-0.15, -0.1) is 0 Å². The number of rotatable bonds is 8. The van der Waals surface area contributed by atoms with Crippen LogP contribution in [0.5, 0.6) is 5.88 Å². The van der Waals surface area contributed by atoms with Crippen molar-refractivity contribution in [3.05, 3.63) is 35.3 Å². The molecule has 2 aromatic heterocycles. The second-order valence-corrected chi connectivity index (χ2v) is 5.29. The number of nitrogens with one attached hydrogen (secondary N) is 1. The minimum absolute atomic E-state index is 0.227. The highest BCUT2D eigenvalue weighted by Crippen LogP contribution is 2.18. The van der Waals surface area contributed by atoms with Gasteiger partial charge in [-0.05, 0) is 30.3 Å². The van der Waals surface area contributed by atoms with E-state index in [0.29, 0.717) is 53.7 Å². The Morgan fingerprint density at radius 1 is 1.28 bits per heavy atom. The summed E-state index contributed by atoms with van der Waals surface area (Å²) in [7, 11) is 1.62. The highest BCUT2D eigenvalue weighted by Gasteiger charge is 2.11. The number of hydrogen-bond donors (Lipinski definition) is 1. The van der Waals surface area contributed by atoms with E-state index in [1.807, 2.05) is 0 Å². The maximum Gasteiger partial charge on any atom is 0.278 e. The summed E-state index contributed by atoms with van der Waals surface area (Å²) in [5.74, 6) is 0.677. The maximum atomic E-state index is 12.2. The average Bonchev–Trinajstić information content (AvgIpc) is 3.21. The highest BCUT2D eigenvalue weighted by molar-refractivity contribution is 5.97. The average molecular weight is 346 g/mol. The Bertz CT molecular complexity index is 857. The molecule has 0 bridgehead atoms. The topological polar surface area (TPSA) is 113 Å². The zero-order valence-electron chi connectivity index (χ0n) is 13.9. The summed E-state index contributed by atoms with van der Waals surface area (Å²) in [4.78, 5) is 16.5. The first-order valence-corrected chi connectivity index (χ1v) is 7.76. The van der Waals surface area contributed by atoms with Gasteiger partial charge in [0.1, 0.15) is 17.8 Å².